The van der Waals surface area contributed by atoms with Gasteiger partial charge in [0.15, 0.2) is 5.82 Å². The summed E-state index contributed by atoms with van der Waals surface area (Å²) in [6.45, 7) is 0.0661. The number of anilines is 1. The number of nitrogens with zero attached hydrogens (tertiary/aromatic N) is 4. The van der Waals surface area contributed by atoms with Gasteiger partial charge in [0.1, 0.15) is 12.4 Å². The number of rotatable bonds is 6. The number of tetrazole rings is 1. The average molecular weight is 409 g/mol. The van der Waals surface area contributed by atoms with Crippen LogP contribution in [0.3, 0.4) is 0 Å². The van der Waals surface area contributed by atoms with E-state index in [0.717, 1.165) is 0 Å². The van der Waals surface area contributed by atoms with Gasteiger partial charge >= 0.3 is 6.18 Å². The first kappa shape index (κ1) is 20.4. The molecule has 11 heteroatoms. The fourth-order valence-electron chi connectivity index (χ4n) is 2.44. The fourth-order valence-corrected chi connectivity index (χ4v) is 2.44. The van der Waals surface area contributed by atoms with Crippen LogP contribution < -0.4 is 5.32 Å². The lowest BCUT2D eigenvalue weighted by Gasteiger charge is -2.10. The molecule has 0 atom stereocenters. The molecular weight excluding hydrogens is 394 g/mol. The van der Waals surface area contributed by atoms with Crippen LogP contribution in [-0.2, 0) is 11.3 Å². The third kappa shape index (κ3) is 5.35. The van der Waals surface area contributed by atoms with Crippen LogP contribution in [0.2, 0.25) is 0 Å². The lowest BCUT2D eigenvalue weighted by atomic mass is 10.1. The van der Waals surface area contributed by atoms with Crippen LogP contribution in [0, 0.1) is 12.7 Å². The lowest BCUT2D eigenvalue weighted by molar-refractivity contribution is -0.176. The number of aryl methyl sites for hydroxylation is 1. The molecule has 3 aromatic rings. The molecule has 2 aromatic carbocycles. The zero-order valence-electron chi connectivity index (χ0n) is 15.1. The summed E-state index contributed by atoms with van der Waals surface area (Å²) in [5.41, 5.74) is 1.06. The van der Waals surface area contributed by atoms with Gasteiger partial charge in [-0.15, -0.1) is 5.10 Å². The number of hydrogen-bond acceptors (Lipinski definition) is 5. The second-order valence-corrected chi connectivity index (χ2v) is 6.06. The van der Waals surface area contributed by atoms with Crippen molar-refractivity contribution in [2.24, 2.45) is 0 Å². The predicted octanol–water partition coefficient (Wildman–Crippen LogP) is 3.44. The molecule has 0 aliphatic heterocycles. The monoisotopic (exact) mass is 409 g/mol. The molecule has 1 heterocycles. The Hall–Kier alpha value is -3.34. The van der Waals surface area contributed by atoms with Crippen molar-refractivity contribution >= 4 is 11.6 Å². The molecule has 1 amide bonds. The molecule has 29 heavy (non-hydrogen) atoms. The topological polar surface area (TPSA) is 81.9 Å². The summed E-state index contributed by atoms with van der Waals surface area (Å²) in [4.78, 5) is 12.4. The average Bonchev–Trinajstić information content (AvgIpc) is 3.09. The largest absolute Gasteiger partial charge is 0.411 e. The van der Waals surface area contributed by atoms with Gasteiger partial charge in [-0.3, -0.25) is 4.79 Å². The molecule has 0 aliphatic rings. The second kappa shape index (κ2) is 8.35. The number of nitrogens with one attached hydrogen (secondary N) is 1. The SMILES string of the molecule is Cc1nnnn1-c1ccc(F)c(NC(=O)c2ccc(COCC(F)(F)F)cc2)c1. The van der Waals surface area contributed by atoms with E-state index in [1.54, 1.807) is 6.92 Å². The molecule has 0 aliphatic carbocycles. The molecule has 0 saturated heterocycles. The first-order valence-electron chi connectivity index (χ1n) is 8.32. The number of carbonyl (C=O) groups excluding carboxylic acids is 1. The molecule has 0 unspecified atom stereocenters. The Morgan fingerprint density at radius 1 is 1.17 bits per heavy atom. The zero-order chi connectivity index (χ0) is 21.0. The summed E-state index contributed by atoms with van der Waals surface area (Å²) in [6, 6.07) is 9.77. The number of aromatic nitrogens is 4. The van der Waals surface area contributed by atoms with Gasteiger partial charge in [-0.05, 0) is 53.2 Å². The zero-order valence-corrected chi connectivity index (χ0v) is 15.1. The van der Waals surface area contributed by atoms with Crippen LogP contribution in [0.15, 0.2) is 42.5 Å². The fraction of sp³-hybridized carbons (Fsp3) is 0.222. The summed E-state index contributed by atoms with van der Waals surface area (Å²) >= 11 is 0. The molecule has 7 nitrogen and oxygen atoms in total. The normalized spacial score (nSPS) is 11.5. The predicted molar refractivity (Wildman–Crippen MR) is 94.0 cm³/mol. The molecule has 0 bridgehead atoms. The highest BCUT2D eigenvalue weighted by Gasteiger charge is 2.27. The quantitative estimate of drug-likeness (QED) is 0.631. The van der Waals surface area contributed by atoms with E-state index in [9.17, 15) is 22.4 Å². The number of carbonyl (C=O) groups is 1. The maximum atomic E-state index is 14.1. The van der Waals surface area contributed by atoms with E-state index in [1.165, 1.54) is 47.1 Å². The Labute approximate surface area is 162 Å². The van der Waals surface area contributed by atoms with Crippen LogP contribution in [-0.4, -0.2) is 38.9 Å². The maximum absolute atomic E-state index is 14.1. The second-order valence-electron chi connectivity index (χ2n) is 6.06. The van der Waals surface area contributed by atoms with Crippen molar-refractivity contribution in [2.45, 2.75) is 19.7 Å². The van der Waals surface area contributed by atoms with E-state index in [4.69, 9.17) is 0 Å². The third-order valence-corrected chi connectivity index (χ3v) is 3.82. The molecule has 1 N–H and O–H groups in total. The van der Waals surface area contributed by atoms with Crippen LogP contribution in [0.25, 0.3) is 5.69 Å². The van der Waals surface area contributed by atoms with E-state index in [-0.39, 0.29) is 17.9 Å². The lowest BCUT2D eigenvalue weighted by Crippen LogP contribution is -2.16. The number of amides is 1. The van der Waals surface area contributed by atoms with E-state index in [0.29, 0.717) is 17.1 Å². The van der Waals surface area contributed by atoms with E-state index >= 15 is 0 Å². The molecule has 3 rings (SSSR count). The maximum Gasteiger partial charge on any atom is 0.411 e. The van der Waals surface area contributed by atoms with Crippen molar-refractivity contribution in [1.82, 2.24) is 20.2 Å². The van der Waals surface area contributed by atoms with E-state index in [1.807, 2.05) is 0 Å². The van der Waals surface area contributed by atoms with E-state index < -0.39 is 24.5 Å². The van der Waals surface area contributed by atoms with Gasteiger partial charge in [0, 0.05) is 5.56 Å². The Bertz CT molecular complexity index is 1000. The number of halogens is 4. The Morgan fingerprint density at radius 2 is 1.90 bits per heavy atom. The van der Waals surface area contributed by atoms with Crippen molar-refractivity contribution < 1.29 is 27.1 Å². The van der Waals surface area contributed by atoms with Gasteiger partial charge in [0.25, 0.3) is 5.91 Å². The summed E-state index contributed by atoms with van der Waals surface area (Å²) in [5, 5.41) is 13.5. The number of ether oxygens (including phenoxy) is 1. The van der Waals surface area contributed by atoms with Gasteiger partial charge in [-0.25, -0.2) is 4.39 Å². The van der Waals surface area contributed by atoms with Crippen LogP contribution in [0.5, 0.6) is 0 Å². The van der Waals surface area contributed by atoms with Crippen molar-refractivity contribution in [3.05, 3.63) is 65.2 Å². The first-order chi connectivity index (χ1) is 13.7. The molecule has 0 saturated carbocycles. The van der Waals surface area contributed by atoms with Crippen LogP contribution in [0.4, 0.5) is 23.2 Å². The highest BCUT2D eigenvalue weighted by Crippen LogP contribution is 2.20. The minimum atomic E-state index is -4.40. The minimum Gasteiger partial charge on any atom is -0.367 e. The molecule has 1 aromatic heterocycles. The molecular formula is C18H15F4N5O2. The van der Waals surface area contributed by atoms with Crippen molar-refractivity contribution in [3.8, 4) is 5.69 Å². The highest BCUT2D eigenvalue weighted by molar-refractivity contribution is 6.04. The first-order valence-corrected chi connectivity index (χ1v) is 8.32. The Balaban J connectivity index is 1.68. The van der Waals surface area contributed by atoms with Gasteiger partial charge in [-0.1, -0.05) is 12.1 Å². The number of benzene rings is 2. The summed E-state index contributed by atoms with van der Waals surface area (Å²) in [6.07, 6.45) is -4.40. The Kier molecular flexibility index (Phi) is 5.87. The van der Waals surface area contributed by atoms with Crippen LogP contribution >= 0.6 is 0 Å². The third-order valence-electron chi connectivity index (χ3n) is 3.82. The number of hydrogen-bond donors (Lipinski definition) is 1. The summed E-state index contributed by atoms with van der Waals surface area (Å²) in [5.74, 6) is -0.750. The van der Waals surface area contributed by atoms with Gasteiger partial charge in [-0.2, -0.15) is 17.9 Å². The minimum absolute atomic E-state index is 0.0695. The van der Waals surface area contributed by atoms with Crippen LogP contribution in [0.1, 0.15) is 21.7 Å². The standard InChI is InChI=1S/C18H15F4N5O2/c1-11-24-25-26-27(11)14-6-7-15(19)16(8-14)23-17(28)13-4-2-12(3-5-13)9-29-10-18(20,21)22/h2-8H,9-10H2,1H3,(H,23,28). The van der Waals surface area contributed by atoms with Crippen molar-refractivity contribution in [3.63, 3.8) is 0 Å². The smallest absolute Gasteiger partial charge is 0.367 e. The summed E-state index contributed by atoms with van der Waals surface area (Å²) < 4.78 is 56.3. The van der Waals surface area contributed by atoms with Crippen molar-refractivity contribution in [1.29, 1.82) is 0 Å². The van der Waals surface area contributed by atoms with Gasteiger partial charge in [0.05, 0.1) is 18.0 Å². The molecule has 152 valence electrons. The van der Waals surface area contributed by atoms with Crippen molar-refractivity contribution in [2.75, 3.05) is 11.9 Å². The summed E-state index contributed by atoms with van der Waals surface area (Å²) in [7, 11) is 0. The van der Waals surface area contributed by atoms with E-state index in [2.05, 4.69) is 25.6 Å². The Morgan fingerprint density at radius 3 is 2.52 bits per heavy atom. The highest BCUT2D eigenvalue weighted by atomic mass is 19.4. The number of alkyl halides is 3. The van der Waals surface area contributed by atoms with Gasteiger partial charge < -0.3 is 10.1 Å². The molecule has 0 spiro atoms. The molecule has 0 fully saturated rings. The molecule has 0 radical (unpaired) electrons. The van der Waals surface area contributed by atoms with Gasteiger partial charge in [0.2, 0.25) is 0 Å².